The molecule has 0 heterocycles. The lowest BCUT2D eigenvalue weighted by Crippen LogP contribution is -2.37. The molecule has 0 aromatic carbocycles. The maximum Gasteiger partial charge on any atom is 0.211 e. The molecule has 1 atom stereocenters. The third-order valence-corrected chi connectivity index (χ3v) is 1.56. The largest absolute Gasteiger partial charge is 0.480 e. The van der Waals surface area contributed by atoms with E-state index < -0.39 is 0 Å². The molecule has 0 saturated carbocycles. The highest BCUT2D eigenvalue weighted by molar-refractivity contribution is 5.78. The summed E-state index contributed by atoms with van der Waals surface area (Å²) in [4.78, 5) is 0. The lowest BCUT2D eigenvalue weighted by Gasteiger charge is -2.28. The average Bonchev–Trinajstić information content (AvgIpc) is 1.85. The Balaban J connectivity index is 4.25. The Morgan fingerprint density at radius 2 is 1.92 bits per heavy atom. The zero-order valence-corrected chi connectivity index (χ0v) is 8.60. The summed E-state index contributed by atoms with van der Waals surface area (Å²) >= 11 is 0. The standard InChI is InChI=1S/C9H19NO2/c1-6-12-8(10)7(11-5)9(2,3)4/h7,10H,6H2,1-5H3. The van der Waals surface area contributed by atoms with Gasteiger partial charge in [-0.15, -0.1) is 0 Å². The zero-order chi connectivity index (χ0) is 9.78. The van der Waals surface area contributed by atoms with Crippen molar-refractivity contribution in [3.8, 4) is 0 Å². The highest BCUT2D eigenvalue weighted by Crippen LogP contribution is 2.22. The summed E-state index contributed by atoms with van der Waals surface area (Å²) in [5.74, 6) is 0.215. The predicted molar refractivity (Wildman–Crippen MR) is 49.6 cm³/mol. The molecule has 1 N–H and O–H groups in total. The molecule has 0 spiro atoms. The number of hydrogen-bond donors (Lipinski definition) is 1. The summed E-state index contributed by atoms with van der Waals surface area (Å²) in [5.41, 5.74) is -0.0823. The monoisotopic (exact) mass is 173 g/mol. The minimum Gasteiger partial charge on any atom is -0.480 e. The van der Waals surface area contributed by atoms with Crippen molar-refractivity contribution in [1.29, 1.82) is 5.41 Å². The van der Waals surface area contributed by atoms with Crippen LogP contribution in [0.2, 0.25) is 0 Å². The van der Waals surface area contributed by atoms with Crippen LogP contribution in [0.25, 0.3) is 0 Å². The fraction of sp³-hybridized carbons (Fsp3) is 0.889. The van der Waals surface area contributed by atoms with Crippen LogP contribution in [-0.2, 0) is 9.47 Å². The van der Waals surface area contributed by atoms with Gasteiger partial charge in [-0.1, -0.05) is 20.8 Å². The first-order valence-electron chi connectivity index (χ1n) is 4.17. The second-order valence-corrected chi connectivity index (χ2v) is 3.78. The molecule has 0 radical (unpaired) electrons. The van der Waals surface area contributed by atoms with E-state index in [-0.39, 0.29) is 17.4 Å². The van der Waals surface area contributed by atoms with Crippen LogP contribution in [0, 0.1) is 10.8 Å². The van der Waals surface area contributed by atoms with Crippen LogP contribution in [0.15, 0.2) is 0 Å². The van der Waals surface area contributed by atoms with Crippen molar-refractivity contribution in [3.63, 3.8) is 0 Å². The summed E-state index contributed by atoms with van der Waals surface area (Å²) in [5, 5.41) is 7.55. The van der Waals surface area contributed by atoms with Crippen LogP contribution in [0.3, 0.4) is 0 Å². The smallest absolute Gasteiger partial charge is 0.211 e. The first-order chi connectivity index (χ1) is 5.43. The van der Waals surface area contributed by atoms with E-state index in [1.54, 1.807) is 7.11 Å². The summed E-state index contributed by atoms with van der Waals surface area (Å²) in [6, 6.07) is 0. The van der Waals surface area contributed by atoms with Crippen LogP contribution in [0.4, 0.5) is 0 Å². The van der Waals surface area contributed by atoms with E-state index in [1.165, 1.54) is 0 Å². The summed E-state index contributed by atoms with van der Waals surface area (Å²) in [6.45, 7) is 8.46. The number of ether oxygens (including phenoxy) is 2. The molecular weight excluding hydrogens is 154 g/mol. The molecule has 72 valence electrons. The lowest BCUT2D eigenvalue weighted by atomic mass is 9.89. The molecule has 0 saturated heterocycles. The van der Waals surface area contributed by atoms with Gasteiger partial charge in [0.2, 0.25) is 5.90 Å². The third-order valence-electron chi connectivity index (χ3n) is 1.56. The molecule has 0 bridgehead atoms. The highest BCUT2D eigenvalue weighted by Gasteiger charge is 2.29. The predicted octanol–water partition coefficient (Wildman–Crippen LogP) is 2.06. The van der Waals surface area contributed by atoms with Crippen molar-refractivity contribution in [3.05, 3.63) is 0 Å². The first-order valence-corrected chi connectivity index (χ1v) is 4.17. The zero-order valence-electron chi connectivity index (χ0n) is 8.60. The topological polar surface area (TPSA) is 42.3 Å². The number of nitrogens with one attached hydrogen (secondary N) is 1. The fourth-order valence-electron chi connectivity index (χ4n) is 1.09. The maximum atomic E-state index is 7.55. The molecule has 12 heavy (non-hydrogen) atoms. The van der Waals surface area contributed by atoms with Crippen LogP contribution in [-0.4, -0.2) is 25.7 Å². The minimum atomic E-state index is -0.252. The van der Waals surface area contributed by atoms with Gasteiger partial charge in [0.05, 0.1) is 6.61 Å². The second kappa shape index (κ2) is 4.45. The van der Waals surface area contributed by atoms with Crippen molar-refractivity contribution in [2.45, 2.75) is 33.8 Å². The van der Waals surface area contributed by atoms with E-state index in [0.29, 0.717) is 6.61 Å². The summed E-state index contributed by atoms with van der Waals surface area (Å²) < 4.78 is 10.3. The quantitative estimate of drug-likeness (QED) is 0.524. The van der Waals surface area contributed by atoms with Gasteiger partial charge >= 0.3 is 0 Å². The van der Waals surface area contributed by atoms with Gasteiger partial charge in [-0.25, -0.2) is 0 Å². The lowest BCUT2D eigenvalue weighted by molar-refractivity contribution is 0.0473. The molecule has 0 amide bonds. The molecule has 0 aliphatic rings. The van der Waals surface area contributed by atoms with Crippen molar-refractivity contribution in [1.82, 2.24) is 0 Å². The van der Waals surface area contributed by atoms with Gasteiger partial charge in [0.1, 0.15) is 6.10 Å². The number of rotatable bonds is 3. The van der Waals surface area contributed by atoms with Crippen LogP contribution >= 0.6 is 0 Å². The molecule has 3 nitrogen and oxygen atoms in total. The molecule has 3 heteroatoms. The van der Waals surface area contributed by atoms with E-state index in [9.17, 15) is 0 Å². The van der Waals surface area contributed by atoms with E-state index in [0.717, 1.165) is 0 Å². The Hall–Kier alpha value is -0.570. The number of methoxy groups -OCH3 is 1. The molecule has 0 aliphatic carbocycles. The Morgan fingerprint density at radius 3 is 2.17 bits per heavy atom. The Labute approximate surface area is 74.6 Å². The van der Waals surface area contributed by atoms with Gasteiger partial charge in [-0.3, -0.25) is 5.41 Å². The van der Waals surface area contributed by atoms with Crippen LogP contribution < -0.4 is 0 Å². The minimum absolute atomic E-state index is 0.0823. The summed E-state index contributed by atoms with van der Waals surface area (Å²) in [7, 11) is 1.60. The van der Waals surface area contributed by atoms with Crippen molar-refractivity contribution >= 4 is 5.90 Å². The van der Waals surface area contributed by atoms with Gasteiger partial charge in [-0.2, -0.15) is 0 Å². The highest BCUT2D eigenvalue weighted by atomic mass is 16.5. The molecule has 0 aromatic heterocycles. The third kappa shape index (κ3) is 3.22. The van der Waals surface area contributed by atoms with Crippen molar-refractivity contribution < 1.29 is 9.47 Å². The second-order valence-electron chi connectivity index (χ2n) is 3.78. The van der Waals surface area contributed by atoms with Crippen LogP contribution in [0.5, 0.6) is 0 Å². The van der Waals surface area contributed by atoms with E-state index in [4.69, 9.17) is 14.9 Å². The summed E-state index contributed by atoms with van der Waals surface area (Å²) in [6.07, 6.45) is -0.252. The number of hydrogen-bond acceptors (Lipinski definition) is 3. The molecular formula is C9H19NO2. The molecule has 1 unspecified atom stereocenters. The average molecular weight is 173 g/mol. The first kappa shape index (κ1) is 11.4. The fourth-order valence-corrected chi connectivity index (χ4v) is 1.09. The Morgan fingerprint density at radius 1 is 1.42 bits per heavy atom. The van der Waals surface area contributed by atoms with Crippen molar-refractivity contribution in [2.24, 2.45) is 5.41 Å². The Bertz CT molecular complexity index is 149. The van der Waals surface area contributed by atoms with Crippen molar-refractivity contribution in [2.75, 3.05) is 13.7 Å². The molecule has 0 fully saturated rings. The van der Waals surface area contributed by atoms with Gasteiger partial charge < -0.3 is 9.47 Å². The van der Waals surface area contributed by atoms with Gasteiger partial charge in [0, 0.05) is 7.11 Å². The molecule has 0 rings (SSSR count). The molecule has 0 aromatic rings. The van der Waals surface area contributed by atoms with Crippen LogP contribution in [0.1, 0.15) is 27.7 Å². The van der Waals surface area contributed by atoms with Gasteiger partial charge in [0.25, 0.3) is 0 Å². The van der Waals surface area contributed by atoms with E-state index in [1.807, 2.05) is 27.7 Å². The Kier molecular flexibility index (Phi) is 4.24. The van der Waals surface area contributed by atoms with E-state index in [2.05, 4.69) is 0 Å². The maximum absolute atomic E-state index is 7.55. The normalized spacial score (nSPS) is 14.1. The SMILES string of the molecule is CCOC(=N)C(OC)C(C)(C)C. The van der Waals surface area contributed by atoms with E-state index >= 15 is 0 Å². The molecule has 0 aliphatic heterocycles. The van der Waals surface area contributed by atoms with Gasteiger partial charge in [0.15, 0.2) is 0 Å². The van der Waals surface area contributed by atoms with Gasteiger partial charge in [-0.05, 0) is 12.3 Å².